The number of rotatable bonds is 5. The molecule has 0 saturated heterocycles. The molecular formula is C15H15N3O3S. The Hall–Kier alpha value is -2.67. The number of carbonyl (C=O) groups excluding carboxylic acids is 2. The van der Waals surface area contributed by atoms with E-state index in [9.17, 15) is 14.4 Å². The van der Waals surface area contributed by atoms with Crippen LogP contribution in [0.4, 0.5) is 4.79 Å². The van der Waals surface area contributed by atoms with Crippen molar-refractivity contribution in [2.75, 3.05) is 6.54 Å². The number of carbonyl (C=O) groups is 2. The van der Waals surface area contributed by atoms with Crippen LogP contribution in [0.2, 0.25) is 0 Å². The number of amides is 3. The van der Waals surface area contributed by atoms with Crippen molar-refractivity contribution in [3.63, 3.8) is 0 Å². The zero-order valence-corrected chi connectivity index (χ0v) is 12.6. The van der Waals surface area contributed by atoms with Crippen molar-refractivity contribution >= 4 is 23.3 Å². The van der Waals surface area contributed by atoms with Crippen LogP contribution in [0.25, 0.3) is 10.4 Å². The molecule has 1 aromatic carbocycles. The Bertz CT molecular complexity index is 734. The van der Waals surface area contributed by atoms with E-state index in [1.165, 1.54) is 10.6 Å². The molecule has 1 heterocycles. The summed E-state index contributed by atoms with van der Waals surface area (Å²) in [6.45, 7) is 3.51. The summed E-state index contributed by atoms with van der Waals surface area (Å²) >= 11 is 1.06. The first-order valence-corrected chi connectivity index (χ1v) is 7.36. The van der Waals surface area contributed by atoms with Crippen molar-refractivity contribution < 1.29 is 9.59 Å². The molecule has 0 radical (unpaired) electrons. The van der Waals surface area contributed by atoms with Gasteiger partial charge < -0.3 is 5.32 Å². The van der Waals surface area contributed by atoms with Gasteiger partial charge >= 0.3 is 10.9 Å². The van der Waals surface area contributed by atoms with Gasteiger partial charge in [0, 0.05) is 12.7 Å². The molecule has 22 heavy (non-hydrogen) atoms. The number of nitrogens with zero attached hydrogens (tertiary/aromatic N) is 1. The number of hydrogen-bond acceptors (Lipinski definition) is 4. The Morgan fingerprint density at radius 1 is 1.27 bits per heavy atom. The van der Waals surface area contributed by atoms with Crippen molar-refractivity contribution in [1.29, 1.82) is 0 Å². The van der Waals surface area contributed by atoms with Gasteiger partial charge in [-0.3, -0.25) is 19.5 Å². The predicted molar refractivity (Wildman–Crippen MR) is 85.8 cm³/mol. The van der Waals surface area contributed by atoms with Gasteiger partial charge in [-0.1, -0.05) is 47.7 Å². The Labute approximate surface area is 131 Å². The molecule has 2 N–H and O–H groups in total. The number of aromatic nitrogens is 1. The first-order chi connectivity index (χ1) is 10.6. The average Bonchev–Trinajstić information content (AvgIpc) is 2.87. The lowest BCUT2D eigenvalue weighted by Gasteiger charge is -2.04. The molecule has 0 atom stereocenters. The molecule has 0 spiro atoms. The third-order valence-electron chi connectivity index (χ3n) is 2.74. The fourth-order valence-corrected chi connectivity index (χ4v) is 2.61. The van der Waals surface area contributed by atoms with E-state index in [1.807, 2.05) is 30.3 Å². The zero-order chi connectivity index (χ0) is 15.9. The van der Waals surface area contributed by atoms with E-state index in [4.69, 9.17) is 0 Å². The normalized spacial score (nSPS) is 10.0. The van der Waals surface area contributed by atoms with E-state index in [1.54, 1.807) is 6.20 Å². The number of thiazole rings is 1. The van der Waals surface area contributed by atoms with Crippen LogP contribution in [-0.2, 0) is 11.3 Å². The van der Waals surface area contributed by atoms with Crippen LogP contribution >= 0.6 is 11.3 Å². The molecule has 2 rings (SSSR count). The lowest BCUT2D eigenvalue weighted by molar-refractivity contribution is -0.120. The molecule has 0 bridgehead atoms. The van der Waals surface area contributed by atoms with Crippen molar-refractivity contribution in [2.24, 2.45) is 0 Å². The number of urea groups is 1. The van der Waals surface area contributed by atoms with E-state index >= 15 is 0 Å². The number of imide groups is 1. The Kier molecular flexibility index (Phi) is 5.26. The third-order valence-corrected chi connectivity index (χ3v) is 3.71. The predicted octanol–water partition coefficient (Wildman–Crippen LogP) is 1.59. The van der Waals surface area contributed by atoms with E-state index in [0.29, 0.717) is 0 Å². The summed E-state index contributed by atoms with van der Waals surface area (Å²) < 4.78 is 1.28. The van der Waals surface area contributed by atoms with Gasteiger partial charge in [-0.15, -0.1) is 6.58 Å². The minimum Gasteiger partial charge on any atom is -0.334 e. The summed E-state index contributed by atoms with van der Waals surface area (Å²) in [4.78, 5) is 35.5. The highest BCUT2D eigenvalue weighted by Gasteiger charge is 2.11. The molecule has 2 aromatic rings. The van der Waals surface area contributed by atoms with Gasteiger partial charge in [0.15, 0.2) is 0 Å². The van der Waals surface area contributed by atoms with Crippen LogP contribution in [0.3, 0.4) is 0 Å². The van der Waals surface area contributed by atoms with E-state index < -0.39 is 11.9 Å². The summed E-state index contributed by atoms with van der Waals surface area (Å²) in [5.74, 6) is -0.555. The van der Waals surface area contributed by atoms with Crippen LogP contribution in [0.1, 0.15) is 0 Å². The lowest BCUT2D eigenvalue weighted by Crippen LogP contribution is -2.41. The van der Waals surface area contributed by atoms with E-state index in [-0.39, 0.29) is 18.0 Å². The minimum atomic E-state index is -0.614. The summed E-state index contributed by atoms with van der Waals surface area (Å²) in [5, 5.41) is 4.57. The van der Waals surface area contributed by atoms with Gasteiger partial charge in [-0.2, -0.15) is 0 Å². The minimum absolute atomic E-state index is 0.205. The summed E-state index contributed by atoms with van der Waals surface area (Å²) in [7, 11) is 0. The summed E-state index contributed by atoms with van der Waals surface area (Å²) in [6, 6.07) is 8.80. The van der Waals surface area contributed by atoms with Crippen molar-refractivity contribution in [1.82, 2.24) is 15.2 Å². The standard InChI is InChI=1S/C15H15N3O3S/c1-2-8-16-14(20)17-13(19)10-18-9-12(22-15(18)21)11-6-4-3-5-7-11/h2-7,9H,1,8,10H2,(H2,16,17,19,20). The molecule has 0 aliphatic rings. The van der Waals surface area contributed by atoms with Crippen LogP contribution in [0.15, 0.2) is 54.0 Å². The molecular weight excluding hydrogens is 302 g/mol. The molecule has 6 nitrogen and oxygen atoms in total. The molecule has 3 amide bonds. The summed E-state index contributed by atoms with van der Waals surface area (Å²) in [5.41, 5.74) is 0.910. The monoisotopic (exact) mass is 317 g/mol. The lowest BCUT2D eigenvalue weighted by atomic mass is 10.2. The number of hydrogen-bond donors (Lipinski definition) is 2. The molecule has 0 saturated carbocycles. The highest BCUT2D eigenvalue weighted by Crippen LogP contribution is 2.21. The van der Waals surface area contributed by atoms with Crippen molar-refractivity contribution in [3.05, 3.63) is 58.9 Å². The number of nitrogens with one attached hydrogen (secondary N) is 2. The average molecular weight is 317 g/mol. The number of benzene rings is 1. The fraction of sp³-hybridized carbons (Fsp3) is 0.133. The molecule has 0 aliphatic heterocycles. The van der Waals surface area contributed by atoms with Gasteiger partial charge in [0.25, 0.3) is 0 Å². The SMILES string of the molecule is C=CCNC(=O)NC(=O)Cn1cc(-c2ccccc2)sc1=O. The third kappa shape index (κ3) is 4.16. The van der Waals surface area contributed by atoms with Gasteiger partial charge in [-0.25, -0.2) is 4.79 Å². The Balaban J connectivity index is 2.03. The van der Waals surface area contributed by atoms with Gasteiger partial charge in [0.1, 0.15) is 6.54 Å². The van der Waals surface area contributed by atoms with Gasteiger partial charge in [0.2, 0.25) is 5.91 Å². The first-order valence-electron chi connectivity index (χ1n) is 6.54. The van der Waals surface area contributed by atoms with E-state index in [2.05, 4.69) is 17.2 Å². The molecule has 114 valence electrons. The quantitative estimate of drug-likeness (QED) is 0.822. The topological polar surface area (TPSA) is 80.2 Å². The van der Waals surface area contributed by atoms with Crippen LogP contribution < -0.4 is 15.5 Å². The second-order valence-electron chi connectivity index (χ2n) is 4.40. The molecule has 0 unspecified atom stereocenters. The van der Waals surface area contributed by atoms with Crippen molar-refractivity contribution in [3.8, 4) is 10.4 Å². The fourth-order valence-electron chi connectivity index (χ4n) is 1.75. The molecule has 0 aliphatic carbocycles. The molecule has 7 heteroatoms. The maximum absolute atomic E-state index is 11.9. The van der Waals surface area contributed by atoms with Crippen LogP contribution in [0, 0.1) is 0 Å². The van der Waals surface area contributed by atoms with Crippen LogP contribution in [0.5, 0.6) is 0 Å². The first kappa shape index (κ1) is 15.7. The van der Waals surface area contributed by atoms with Gasteiger partial charge in [0.05, 0.1) is 4.88 Å². The van der Waals surface area contributed by atoms with Crippen LogP contribution in [-0.4, -0.2) is 23.1 Å². The second kappa shape index (κ2) is 7.37. The highest BCUT2D eigenvalue weighted by atomic mass is 32.1. The zero-order valence-electron chi connectivity index (χ0n) is 11.7. The maximum atomic E-state index is 11.9. The Morgan fingerprint density at radius 3 is 2.68 bits per heavy atom. The van der Waals surface area contributed by atoms with Gasteiger partial charge in [-0.05, 0) is 5.56 Å². The maximum Gasteiger partial charge on any atom is 0.321 e. The second-order valence-corrected chi connectivity index (χ2v) is 5.40. The molecule has 0 fully saturated rings. The largest absolute Gasteiger partial charge is 0.334 e. The smallest absolute Gasteiger partial charge is 0.321 e. The summed E-state index contributed by atoms with van der Waals surface area (Å²) in [6.07, 6.45) is 3.11. The van der Waals surface area contributed by atoms with E-state index in [0.717, 1.165) is 21.8 Å². The van der Waals surface area contributed by atoms with Crippen molar-refractivity contribution in [2.45, 2.75) is 6.54 Å². The highest BCUT2D eigenvalue weighted by molar-refractivity contribution is 7.12. The Morgan fingerprint density at radius 2 is 2.00 bits per heavy atom. The molecule has 1 aromatic heterocycles.